The van der Waals surface area contributed by atoms with Crippen LogP contribution in [0.3, 0.4) is 0 Å². The number of H-pyrrole nitrogens is 1. The highest BCUT2D eigenvalue weighted by Gasteiger charge is 2.38. The second-order valence-electron chi connectivity index (χ2n) is 8.85. The first-order chi connectivity index (χ1) is 16.5. The Balaban J connectivity index is 2.16. The number of carboxylic acids is 1. The number of primary amides is 1. The summed E-state index contributed by atoms with van der Waals surface area (Å²) >= 11 is 0. The molecule has 13 heteroatoms. The van der Waals surface area contributed by atoms with Gasteiger partial charge in [0.2, 0.25) is 23.6 Å². The van der Waals surface area contributed by atoms with Gasteiger partial charge in [-0.2, -0.15) is 0 Å². The number of nitrogens with one attached hydrogen (secondary N) is 3. The van der Waals surface area contributed by atoms with Gasteiger partial charge >= 0.3 is 5.97 Å². The molecule has 5 unspecified atom stereocenters. The van der Waals surface area contributed by atoms with Gasteiger partial charge in [0.05, 0.1) is 12.4 Å². The lowest BCUT2D eigenvalue weighted by Gasteiger charge is -2.30. The van der Waals surface area contributed by atoms with Crippen molar-refractivity contribution in [1.82, 2.24) is 25.5 Å². The van der Waals surface area contributed by atoms with Gasteiger partial charge in [0.15, 0.2) is 0 Å². The maximum atomic E-state index is 13.2. The Labute approximate surface area is 203 Å². The predicted molar refractivity (Wildman–Crippen MR) is 124 cm³/mol. The van der Waals surface area contributed by atoms with E-state index in [4.69, 9.17) is 11.5 Å². The Bertz CT molecular complexity index is 906. The number of nitrogens with zero attached hydrogens (tertiary/aromatic N) is 2. The van der Waals surface area contributed by atoms with E-state index in [-0.39, 0.29) is 31.1 Å². The minimum Gasteiger partial charge on any atom is -0.480 e. The molecule has 1 aliphatic heterocycles. The van der Waals surface area contributed by atoms with Crippen LogP contribution in [0.4, 0.5) is 0 Å². The first-order valence-corrected chi connectivity index (χ1v) is 11.7. The molecule has 5 atom stereocenters. The number of hydrogen-bond acceptors (Lipinski definition) is 7. The van der Waals surface area contributed by atoms with Gasteiger partial charge in [0.25, 0.3) is 0 Å². The van der Waals surface area contributed by atoms with E-state index < -0.39 is 47.9 Å². The summed E-state index contributed by atoms with van der Waals surface area (Å²) in [6.07, 6.45) is 4.21. The number of carbonyl (C=O) groups is 5. The van der Waals surface area contributed by atoms with Gasteiger partial charge in [-0.3, -0.25) is 19.2 Å². The van der Waals surface area contributed by atoms with Crippen LogP contribution in [0.2, 0.25) is 0 Å². The summed E-state index contributed by atoms with van der Waals surface area (Å²) < 4.78 is 0. The molecule has 0 bridgehead atoms. The second kappa shape index (κ2) is 12.8. The molecule has 4 amide bonds. The molecule has 1 aromatic rings. The lowest BCUT2D eigenvalue weighted by Crippen LogP contribution is -2.57. The molecule has 35 heavy (non-hydrogen) atoms. The topological polar surface area (TPSA) is 214 Å². The van der Waals surface area contributed by atoms with Crippen molar-refractivity contribution >= 4 is 29.6 Å². The van der Waals surface area contributed by atoms with Gasteiger partial charge in [0.1, 0.15) is 18.1 Å². The van der Waals surface area contributed by atoms with E-state index in [1.54, 1.807) is 0 Å². The zero-order chi connectivity index (χ0) is 26.1. The fourth-order valence-corrected chi connectivity index (χ4v) is 3.90. The number of aromatic amines is 1. The van der Waals surface area contributed by atoms with Crippen molar-refractivity contribution in [1.29, 1.82) is 0 Å². The largest absolute Gasteiger partial charge is 0.480 e. The molecule has 1 aromatic heterocycles. The third-order valence-corrected chi connectivity index (χ3v) is 6.29. The minimum absolute atomic E-state index is 0.00673. The van der Waals surface area contributed by atoms with Crippen LogP contribution in [0.25, 0.3) is 0 Å². The molecule has 0 saturated carbocycles. The maximum absolute atomic E-state index is 13.2. The molecule has 8 N–H and O–H groups in total. The number of carbonyl (C=O) groups excluding carboxylic acids is 4. The summed E-state index contributed by atoms with van der Waals surface area (Å²) in [6.45, 7) is 4.18. The molecule has 0 aliphatic carbocycles. The Morgan fingerprint density at radius 2 is 1.97 bits per heavy atom. The van der Waals surface area contributed by atoms with E-state index in [1.807, 2.05) is 13.8 Å². The number of likely N-dealkylation sites (tertiary alicyclic amines) is 1. The van der Waals surface area contributed by atoms with Crippen molar-refractivity contribution in [2.45, 2.75) is 76.5 Å². The average molecular weight is 494 g/mol. The van der Waals surface area contributed by atoms with Crippen molar-refractivity contribution in [3.63, 3.8) is 0 Å². The van der Waals surface area contributed by atoms with Gasteiger partial charge in [-0.1, -0.05) is 20.3 Å². The summed E-state index contributed by atoms with van der Waals surface area (Å²) in [4.78, 5) is 69.9. The summed E-state index contributed by atoms with van der Waals surface area (Å²) in [5, 5.41) is 14.4. The average Bonchev–Trinajstić information content (AvgIpc) is 3.51. The van der Waals surface area contributed by atoms with Crippen LogP contribution in [0.1, 0.15) is 51.6 Å². The number of carboxylic acid groups (broad SMARTS) is 1. The fourth-order valence-electron chi connectivity index (χ4n) is 3.90. The number of nitrogens with two attached hydrogens (primary N) is 2. The molecular formula is C22H35N7O6. The number of imidazole rings is 1. The fraction of sp³-hybridized carbons (Fsp3) is 0.636. The van der Waals surface area contributed by atoms with E-state index in [0.717, 1.165) is 0 Å². The molecular weight excluding hydrogens is 458 g/mol. The van der Waals surface area contributed by atoms with Crippen molar-refractivity contribution < 1.29 is 29.1 Å². The highest BCUT2D eigenvalue weighted by Crippen LogP contribution is 2.21. The number of aromatic nitrogens is 2. The van der Waals surface area contributed by atoms with E-state index >= 15 is 0 Å². The Kier molecular flexibility index (Phi) is 10.2. The van der Waals surface area contributed by atoms with Crippen LogP contribution < -0.4 is 22.1 Å². The van der Waals surface area contributed by atoms with E-state index in [1.165, 1.54) is 17.4 Å². The smallest absolute Gasteiger partial charge is 0.326 e. The standard InChI is InChI=1S/C22H35N7O6/c1-3-12(2)18(24)21(33)29-8-4-5-16(29)20(32)28-15(9-13-10-25-11-26-13)19(31)27-14(22(34)35)6-7-17(23)30/h10-12,14-16,18H,3-9,24H2,1-2H3,(H2,23,30)(H,25,26)(H,27,31)(H,28,32)(H,34,35). The molecule has 0 radical (unpaired) electrons. The van der Waals surface area contributed by atoms with Crippen molar-refractivity contribution in [3.8, 4) is 0 Å². The van der Waals surface area contributed by atoms with Gasteiger partial charge in [-0.15, -0.1) is 0 Å². The lowest BCUT2D eigenvalue weighted by molar-refractivity contribution is -0.143. The lowest BCUT2D eigenvalue weighted by atomic mass is 9.98. The Hall–Kier alpha value is -3.48. The Morgan fingerprint density at radius 3 is 2.54 bits per heavy atom. The predicted octanol–water partition coefficient (Wildman–Crippen LogP) is -1.36. The number of rotatable bonds is 13. The zero-order valence-corrected chi connectivity index (χ0v) is 20.0. The van der Waals surface area contributed by atoms with E-state index in [0.29, 0.717) is 31.5 Å². The summed E-state index contributed by atoms with van der Waals surface area (Å²) in [7, 11) is 0. The van der Waals surface area contributed by atoms with Crippen LogP contribution in [0.15, 0.2) is 12.5 Å². The van der Waals surface area contributed by atoms with E-state index in [9.17, 15) is 29.1 Å². The molecule has 2 rings (SSSR count). The van der Waals surface area contributed by atoms with Gasteiger partial charge in [-0.05, 0) is 25.2 Å². The molecule has 1 saturated heterocycles. The highest BCUT2D eigenvalue weighted by molar-refractivity contribution is 5.94. The molecule has 1 fully saturated rings. The minimum atomic E-state index is -1.37. The molecule has 0 aromatic carbocycles. The number of amides is 4. The van der Waals surface area contributed by atoms with Crippen LogP contribution in [0, 0.1) is 5.92 Å². The van der Waals surface area contributed by atoms with Gasteiger partial charge in [0, 0.05) is 31.3 Å². The van der Waals surface area contributed by atoms with Gasteiger partial charge < -0.3 is 37.1 Å². The monoisotopic (exact) mass is 493 g/mol. The normalized spacial score (nSPS) is 18.8. The molecule has 194 valence electrons. The second-order valence-corrected chi connectivity index (χ2v) is 8.85. The number of hydrogen-bond donors (Lipinski definition) is 6. The van der Waals surface area contributed by atoms with Crippen molar-refractivity contribution in [2.24, 2.45) is 17.4 Å². The van der Waals surface area contributed by atoms with Crippen LogP contribution >= 0.6 is 0 Å². The van der Waals surface area contributed by atoms with Crippen LogP contribution in [-0.2, 0) is 30.4 Å². The van der Waals surface area contributed by atoms with Crippen molar-refractivity contribution in [2.75, 3.05) is 6.54 Å². The first kappa shape index (κ1) is 27.8. The quantitative estimate of drug-likeness (QED) is 0.192. The van der Waals surface area contributed by atoms with Crippen LogP contribution in [-0.4, -0.2) is 80.3 Å². The van der Waals surface area contributed by atoms with Gasteiger partial charge in [-0.25, -0.2) is 9.78 Å². The molecule has 1 aliphatic rings. The first-order valence-electron chi connectivity index (χ1n) is 11.7. The SMILES string of the molecule is CCC(C)C(N)C(=O)N1CCCC1C(=O)NC(Cc1cnc[nH]1)C(=O)NC(CCC(N)=O)C(=O)O. The number of aliphatic carboxylic acids is 1. The zero-order valence-electron chi connectivity index (χ0n) is 20.0. The van der Waals surface area contributed by atoms with Crippen LogP contribution in [0.5, 0.6) is 0 Å². The van der Waals surface area contributed by atoms with E-state index in [2.05, 4.69) is 20.6 Å². The maximum Gasteiger partial charge on any atom is 0.326 e. The molecule has 2 heterocycles. The highest BCUT2D eigenvalue weighted by atomic mass is 16.4. The molecule has 13 nitrogen and oxygen atoms in total. The summed E-state index contributed by atoms with van der Waals surface area (Å²) in [5.74, 6) is -3.69. The summed E-state index contributed by atoms with van der Waals surface area (Å²) in [5.41, 5.74) is 11.7. The third-order valence-electron chi connectivity index (χ3n) is 6.29. The third kappa shape index (κ3) is 7.77. The summed E-state index contributed by atoms with van der Waals surface area (Å²) in [6, 6.07) is -4.05. The Morgan fingerprint density at radius 1 is 1.26 bits per heavy atom. The molecule has 0 spiro atoms. The van der Waals surface area contributed by atoms with Crippen molar-refractivity contribution in [3.05, 3.63) is 18.2 Å².